The lowest BCUT2D eigenvalue weighted by Gasteiger charge is -2.14. The molecule has 0 N–H and O–H groups in total. The van der Waals surface area contributed by atoms with Gasteiger partial charge in [-0.15, -0.1) is 13.2 Å². The Hall–Kier alpha value is -2.61. The van der Waals surface area contributed by atoms with Gasteiger partial charge in [0.2, 0.25) is 0 Å². The van der Waals surface area contributed by atoms with Crippen LogP contribution in [0, 0.1) is 6.92 Å². The van der Waals surface area contributed by atoms with E-state index in [9.17, 15) is 4.79 Å². The Kier molecular flexibility index (Phi) is 5.53. The molecule has 118 valence electrons. The molecule has 23 heavy (non-hydrogen) atoms. The van der Waals surface area contributed by atoms with Crippen molar-refractivity contribution in [2.75, 3.05) is 0 Å². The summed E-state index contributed by atoms with van der Waals surface area (Å²) in [5.74, 6) is 0.270. The third kappa shape index (κ3) is 4.19. The number of rotatable bonds is 6. The third-order valence-corrected chi connectivity index (χ3v) is 3.65. The fourth-order valence-corrected chi connectivity index (χ4v) is 2.58. The van der Waals surface area contributed by atoms with E-state index in [1.807, 2.05) is 24.3 Å². The molecule has 2 aromatic rings. The average Bonchev–Trinajstić information content (AvgIpc) is 2.51. The maximum Gasteiger partial charge on any atom is 0.308 e. The van der Waals surface area contributed by atoms with Crippen LogP contribution in [-0.2, 0) is 17.6 Å². The number of benzene rings is 2. The van der Waals surface area contributed by atoms with Gasteiger partial charge in [-0.1, -0.05) is 36.4 Å². The van der Waals surface area contributed by atoms with E-state index in [2.05, 4.69) is 44.3 Å². The first kappa shape index (κ1) is 16.8. The summed E-state index contributed by atoms with van der Waals surface area (Å²) in [6, 6.07) is 12.2. The Morgan fingerprint density at radius 3 is 2.13 bits per heavy atom. The van der Waals surface area contributed by atoms with Crippen LogP contribution in [0.4, 0.5) is 0 Å². The van der Waals surface area contributed by atoms with Crippen LogP contribution in [0.5, 0.6) is 5.75 Å². The molecule has 0 saturated carbocycles. The van der Waals surface area contributed by atoms with Crippen LogP contribution in [0.1, 0.15) is 23.6 Å². The molecule has 0 aliphatic carbocycles. The topological polar surface area (TPSA) is 26.3 Å². The highest BCUT2D eigenvalue weighted by molar-refractivity contribution is 5.79. The minimum absolute atomic E-state index is 0.317. The molecular weight excluding hydrogens is 284 g/mol. The molecule has 2 heteroatoms. The zero-order chi connectivity index (χ0) is 16.8. The molecule has 0 bridgehead atoms. The molecule has 0 heterocycles. The first-order valence-electron chi connectivity index (χ1n) is 7.68. The minimum Gasteiger partial charge on any atom is -0.426 e. The second-order valence-electron chi connectivity index (χ2n) is 5.56. The average molecular weight is 306 g/mol. The van der Waals surface area contributed by atoms with E-state index >= 15 is 0 Å². The van der Waals surface area contributed by atoms with Gasteiger partial charge in [-0.3, -0.25) is 4.79 Å². The van der Waals surface area contributed by atoms with Crippen molar-refractivity contribution in [2.45, 2.75) is 26.7 Å². The summed E-state index contributed by atoms with van der Waals surface area (Å²) in [7, 11) is 0. The lowest BCUT2D eigenvalue weighted by molar-refractivity contribution is -0.131. The van der Waals surface area contributed by atoms with Crippen LogP contribution in [0.25, 0.3) is 11.1 Å². The molecule has 0 unspecified atom stereocenters. The van der Waals surface area contributed by atoms with Gasteiger partial charge >= 0.3 is 5.97 Å². The maximum absolute atomic E-state index is 11.4. The van der Waals surface area contributed by atoms with Gasteiger partial charge in [0.1, 0.15) is 5.75 Å². The van der Waals surface area contributed by atoms with Gasteiger partial charge in [0.15, 0.2) is 0 Å². The lowest BCUT2D eigenvalue weighted by atomic mass is 9.94. The zero-order valence-corrected chi connectivity index (χ0v) is 13.8. The normalized spacial score (nSPS) is 10.2. The van der Waals surface area contributed by atoms with Crippen molar-refractivity contribution in [1.82, 2.24) is 0 Å². The number of aryl methyl sites for hydroxylation is 1. The van der Waals surface area contributed by atoms with E-state index in [0.29, 0.717) is 5.75 Å². The maximum atomic E-state index is 11.4. The number of hydrogen-bond donors (Lipinski definition) is 0. The Balaban J connectivity index is 2.60. The summed E-state index contributed by atoms with van der Waals surface area (Å²) >= 11 is 0. The predicted molar refractivity (Wildman–Crippen MR) is 95.7 cm³/mol. The number of esters is 1. The summed E-state index contributed by atoms with van der Waals surface area (Å²) in [4.78, 5) is 11.4. The second-order valence-corrected chi connectivity index (χ2v) is 5.56. The van der Waals surface area contributed by atoms with Crippen LogP contribution in [0.15, 0.2) is 61.7 Å². The highest BCUT2D eigenvalue weighted by Crippen LogP contribution is 2.34. The molecule has 0 atom stereocenters. The summed E-state index contributed by atoms with van der Waals surface area (Å²) in [6.45, 7) is 11.1. The Morgan fingerprint density at radius 1 is 1.00 bits per heavy atom. The van der Waals surface area contributed by atoms with Crippen molar-refractivity contribution in [3.8, 4) is 16.9 Å². The molecule has 0 fully saturated rings. The molecular formula is C21H22O2. The van der Waals surface area contributed by atoms with Gasteiger partial charge in [-0.05, 0) is 54.2 Å². The van der Waals surface area contributed by atoms with Crippen LogP contribution in [-0.4, -0.2) is 5.97 Å². The summed E-state index contributed by atoms with van der Waals surface area (Å²) in [5.41, 5.74) is 5.47. The molecule has 0 aromatic heterocycles. The van der Waals surface area contributed by atoms with Gasteiger partial charge < -0.3 is 4.74 Å². The monoisotopic (exact) mass is 306 g/mol. The van der Waals surface area contributed by atoms with Crippen LogP contribution in [0.3, 0.4) is 0 Å². The molecule has 0 aliphatic heterocycles. The Morgan fingerprint density at radius 2 is 1.57 bits per heavy atom. The number of ether oxygens (including phenoxy) is 1. The van der Waals surface area contributed by atoms with Gasteiger partial charge in [-0.25, -0.2) is 0 Å². The quantitative estimate of drug-likeness (QED) is 0.424. The van der Waals surface area contributed by atoms with Crippen LogP contribution in [0.2, 0.25) is 0 Å². The molecule has 0 amide bonds. The SMILES string of the molecule is C=CCc1ccc(C)c(-c2cc(CC=C)ccc2OC(C)=O)c1. The van der Waals surface area contributed by atoms with E-state index in [-0.39, 0.29) is 5.97 Å². The smallest absolute Gasteiger partial charge is 0.308 e. The zero-order valence-electron chi connectivity index (χ0n) is 13.8. The van der Waals surface area contributed by atoms with Gasteiger partial charge in [0, 0.05) is 12.5 Å². The fraction of sp³-hybridized carbons (Fsp3) is 0.190. The molecule has 2 rings (SSSR count). The highest BCUT2D eigenvalue weighted by Gasteiger charge is 2.12. The summed E-state index contributed by atoms with van der Waals surface area (Å²) in [6.07, 6.45) is 5.34. The largest absolute Gasteiger partial charge is 0.426 e. The van der Waals surface area contributed by atoms with Crippen LogP contribution < -0.4 is 4.74 Å². The second kappa shape index (κ2) is 7.59. The molecule has 0 radical (unpaired) electrons. The van der Waals surface area contributed by atoms with Gasteiger partial charge in [0.25, 0.3) is 0 Å². The molecule has 0 spiro atoms. The first-order valence-corrected chi connectivity index (χ1v) is 7.68. The van der Waals surface area contributed by atoms with E-state index in [4.69, 9.17) is 4.74 Å². The van der Waals surface area contributed by atoms with Crippen molar-refractivity contribution in [3.63, 3.8) is 0 Å². The van der Waals surface area contributed by atoms with Gasteiger partial charge in [-0.2, -0.15) is 0 Å². The van der Waals surface area contributed by atoms with Gasteiger partial charge in [0.05, 0.1) is 0 Å². The summed E-state index contributed by atoms with van der Waals surface area (Å²) in [5, 5.41) is 0. The standard InChI is InChI=1S/C21H22O2/c1-5-7-17-10-9-15(3)19(13-17)20-14-18(8-6-2)11-12-21(20)23-16(4)22/h5-6,9-14H,1-2,7-8H2,3-4H3. The first-order chi connectivity index (χ1) is 11.0. The number of allylic oxidation sites excluding steroid dienone is 2. The lowest BCUT2D eigenvalue weighted by Crippen LogP contribution is -2.03. The molecule has 2 aromatic carbocycles. The fourth-order valence-electron chi connectivity index (χ4n) is 2.58. The Bertz CT molecular complexity index is 742. The molecule has 0 saturated heterocycles. The van der Waals surface area contributed by atoms with Crippen molar-refractivity contribution >= 4 is 5.97 Å². The number of carbonyl (C=O) groups is 1. The van der Waals surface area contributed by atoms with Crippen molar-refractivity contribution < 1.29 is 9.53 Å². The molecule has 0 aliphatic rings. The summed E-state index contributed by atoms with van der Waals surface area (Å²) < 4.78 is 5.40. The highest BCUT2D eigenvalue weighted by atomic mass is 16.5. The molecule has 2 nitrogen and oxygen atoms in total. The van der Waals surface area contributed by atoms with E-state index in [1.165, 1.54) is 12.5 Å². The number of hydrogen-bond acceptors (Lipinski definition) is 2. The predicted octanol–water partition coefficient (Wildman–Crippen LogP) is 5.04. The van der Waals surface area contributed by atoms with Crippen LogP contribution >= 0.6 is 0 Å². The van der Waals surface area contributed by atoms with E-state index < -0.39 is 0 Å². The van der Waals surface area contributed by atoms with E-state index in [0.717, 1.165) is 35.1 Å². The van der Waals surface area contributed by atoms with Crippen molar-refractivity contribution in [2.24, 2.45) is 0 Å². The van der Waals surface area contributed by atoms with E-state index in [1.54, 1.807) is 0 Å². The Labute approximate surface area is 138 Å². The van der Waals surface area contributed by atoms with Crippen molar-refractivity contribution in [3.05, 3.63) is 78.4 Å². The minimum atomic E-state index is -0.317. The van der Waals surface area contributed by atoms with Crippen molar-refractivity contribution in [1.29, 1.82) is 0 Å². The number of carbonyl (C=O) groups excluding carboxylic acids is 1. The third-order valence-electron chi connectivity index (χ3n) is 3.65.